The van der Waals surface area contributed by atoms with Crippen molar-refractivity contribution in [3.05, 3.63) is 65.0 Å². The first-order valence-electron chi connectivity index (χ1n) is 6.72. The molecule has 2 rings (SSSR count). The summed E-state index contributed by atoms with van der Waals surface area (Å²) in [6, 6.07) is 12.6. The Morgan fingerprint density at radius 3 is 2.81 bits per heavy atom. The highest BCUT2D eigenvalue weighted by Gasteiger charge is 2.04. The smallest absolute Gasteiger partial charge is 0.165 e. The molecule has 0 aromatic heterocycles. The highest BCUT2D eigenvalue weighted by Crippen LogP contribution is 2.20. The Morgan fingerprint density at radius 2 is 2.05 bits per heavy atom. The Hall–Kier alpha value is -1.98. The summed E-state index contributed by atoms with van der Waals surface area (Å²) in [6.07, 6.45) is 0.610. The van der Waals surface area contributed by atoms with Gasteiger partial charge in [0.25, 0.3) is 0 Å². The molecule has 2 aromatic rings. The van der Waals surface area contributed by atoms with E-state index < -0.39 is 0 Å². The zero-order chi connectivity index (χ0) is 15.1. The van der Waals surface area contributed by atoms with Gasteiger partial charge in [0.1, 0.15) is 6.61 Å². The fourth-order valence-electron chi connectivity index (χ4n) is 1.87. The van der Waals surface area contributed by atoms with Crippen molar-refractivity contribution >= 4 is 11.6 Å². The van der Waals surface area contributed by atoms with Crippen LogP contribution in [0.2, 0.25) is 0 Å². The number of halogens is 2. The van der Waals surface area contributed by atoms with Gasteiger partial charge in [-0.2, -0.15) is 0 Å². The van der Waals surface area contributed by atoms with E-state index in [0.29, 0.717) is 18.9 Å². The van der Waals surface area contributed by atoms with E-state index in [9.17, 15) is 4.39 Å². The van der Waals surface area contributed by atoms with Crippen LogP contribution in [0.25, 0.3) is 0 Å². The summed E-state index contributed by atoms with van der Waals surface area (Å²) < 4.78 is 19.3. The third-order valence-electron chi connectivity index (χ3n) is 2.86. The minimum atomic E-state index is -0.384. The topological polar surface area (TPSA) is 9.23 Å². The van der Waals surface area contributed by atoms with Crippen molar-refractivity contribution in [1.29, 1.82) is 0 Å². The maximum atomic E-state index is 13.7. The van der Waals surface area contributed by atoms with Crippen molar-refractivity contribution in [2.24, 2.45) is 0 Å². The van der Waals surface area contributed by atoms with Crippen LogP contribution in [0.15, 0.2) is 42.5 Å². The van der Waals surface area contributed by atoms with Gasteiger partial charge in [-0.15, -0.1) is 11.6 Å². The lowest BCUT2D eigenvalue weighted by molar-refractivity contribution is 0.290. The largest absolute Gasteiger partial charge is 0.486 e. The van der Waals surface area contributed by atoms with Gasteiger partial charge in [0, 0.05) is 17.9 Å². The van der Waals surface area contributed by atoms with E-state index in [-0.39, 0.29) is 11.6 Å². The average molecular weight is 303 g/mol. The summed E-state index contributed by atoms with van der Waals surface area (Å²) in [5, 5.41) is 0. The molecule has 0 heterocycles. The first-order valence-corrected chi connectivity index (χ1v) is 7.25. The van der Waals surface area contributed by atoms with Crippen molar-refractivity contribution in [1.82, 2.24) is 0 Å². The molecule has 0 atom stereocenters. The van der Waals surface area contributed by atoms with Crippen LogP contribution >= 0.6 is 11.6 Å². The average Bonchev–Trinajstić information content (AvgIpc) is 2.48. The van der Waals surface area contributed by atoms with Gasteiger partial charge in [-0.3, -0.25) is 0 Å². The standard InChI is InChI=1S/C18H16ClFO/c1-14-5-4-7-16(11-14)13-21-18-12-15(6-2-3-10-19)8-9-17(18)20/h4-5,7-9,11-12H,3,10,13H2,1H3. The molecule has 0 spiro atoms. The number of hydrogen-bond acceptors (Lipinski definition) is 1. The molecule has 0 unspecified atom stereocenters. The van der Waals surface area contributed by atoms with Crippen LogP contribution in [0.3, 0.4) is 0 Å². The Kier molecular flexibility index (Phi) is 5.66. The molecule has 1 nitrogen and oxygen atoms in total. The van der Waals surface area contributed by atoms with Crippen LogP contribution in [0.4, 0.5) is 4.39 Å². The molecule has 0 aliphatic rings. The minimum absolute atomic E-state index is 0.217. The number of alkyl halides is 1. The van der Waals surface area contributed by atoms with E-state index in [2.05, 4.69) is 11.8 Å². The van der Waals surface area contributed by atoms with Crippen molar-refractivity contribution in [2.45, 2.75) is 20.0 Å². The van der Waals surface area contributed by atoms with Crippen LogP contribution in [-0.2, 0) is 6.61 Å². The van der Waals surface area contributed by atoms with E-state index in [1.807, 2.05) is 31.2 Å². The predicted molar refractivity (Wildman–Crippen MR) is 84.1 cm³/mol. The number of aryl methyl sites for hydroxylation is 1. The number of ether oxygens (including phenoxy) is 1. The summed E-state index contributed by atoms with van der Waals surface area (Å²) in [5.41, 5.74) is 2.88. The fourth-order valence-corrected chi connectivity index (χ4v) is 1.96. The summed E-state index contributed by atoms with van der Waals surface area (Å²) >= 11 is 5.57. The normalized spacial score (nSPS) is 9.86. The molecule has 0 bridgehead atoms. The molecule has 0 fully saturated rings. The summed E-state index contributed by atoms with van der Waals surface area (Å²) in [6.45, 7) is 2.34. The Labute approximate surface area is 129 Å². The molecular weight excluding hydrogens is 287 g/mol. The van der Waals surface area contributed by atoms with Crippen molar-refractivity contribution in [3.63, 3.8) is 0 Å². The van der Waals surface area contributed by atoms with Crippen LogP contribution in [-0.4, -0.2) is 5.88 Å². The molecule has 21 heavy (non-hydrogen) atoms. The second kappa shape index (κ2) is 7.71. The van der Waals surface area contributed by atoms with Gasteiger partial charge >= 0.3 is 0 Å². The zero-order valence-electron chi connectivity index (χ0n) is 11.8. The third-order valence-corrected chi connectivity index (χ3v) is 3.05. The highest BCUT2D eigenvalue weighted by molar-refractivity contribution is 6.18. The van der Waals surface area contributed by atoms with Gasteiger partial charge in [-0.25, -0.2) is 4.39 Å². The minimum Gasteiger partial charge on any atom is -0.486 e. The molecule has 0 aliphatic carbocycles. The van der Waals surface area contributed by atoms with Crippen molar-refractivity contribution in [2.75, 3.05) is 5.88 Å². The molecular formula is C18H16ClFO. The van der Waals surface area contributed by atoms with Crippen LogP contribution in [0, 0.1) is 24.6 Å². The number of rotatable bonds is 4. The van der Waals surface area contributed by atoms with Crippen molar-refractivity contribution in [3.8, 4) is 17.6 Å². The van der Waals surface area contributed by atoms with E-state index in [4.69, 9.17) is 16.3 Å². The molecule has 0 saturated carbocycles. The summed E-state index contributed by atoms with van der Waals surface area (Å²) in [5.74, 6) is 6.18. The maximum absolute atomic E-state index is 13.7. The van der Waals surface area contributed by atoms with Gasteiger partial charge in [-0.1, -0.05) is 41.7 Å². The summed E-state index contributed by atoms with van der Waals surface area (Å²) in [7, 11) is 0. The lowest BCUT2D eigenvalue weighted by Crippen LogP contribution is -1.98. The first-order chi connectivity index (χ1) is 10.2. The Bertz CT molecular complexity index is 670. The molecule has 0 amide bonds. The summed E-state index contributed by atoms with van der Waals surface area (Å²) in [4.78, 5) is 0. The van der Waals surface area contributed by atoms with Gasteiger partial charge in [-0.05, 0) is 30.7 Å². The molecule has 3 heteroatoms. The van der Waals surface area contributed by atoms with Gasteiger partial charge in [0.05, 0.1) is 0 Å². The Morgan fingerprint density at radius 1 is 1.19 bits per heavy atom. The van der Waals surface area contributed by atoms with Crippen molar-refractivity contribution < 1.29 is 9.13 Å². The maximum Gasteiger partial charge on any atom is 0.165 e. The zero-order valence-corrected chi connectivity index (χ0v) is 12.6. The second-order valence-electron chi connectivity index (χ2n) is 4.66. The molecule has 0 saturated heterocycles. The molecule has 2 aromatic carbocycles. The predicted octanol–water partition coefficient (Wildman–Crippen LogP) is 4.69. The second-order valence-corrected chi connectivity index (χ2v) is 5.04. The van der Waals surface area contributed by atoms with Gasteiger partial charge < -0.3 is 4.74 Å². The van der Waals surface area contributed by atoms with Gasteiger partial charge in [0.15, 0.2) is 11.6 Å². The third kappa shape index (κ3) is 4.81. The SMILES string of the molecule is Cc1cccc(COc2cc(C#CCCCl)ccc2F)c1. The first kappa shape index (κ1) is 15.4. The number of hydrogen-bond donors (Lipinski definition) is 0. The van der Waals surface area contributed by atoms with Gasteiger partial charge in [0.2, 0.25) is 0 Å². The van der Waals surface area contributed by atoms with E-state index in [1.54, 1.807) is 12.1 Å². The monoisotopic (exact) mass is 302 g/mol. The Balaban J connectivity index is 2.09. The van der Waals surface area contributed by atoms with Crippen LogP contribution in [0.1, 0.15) is 23.1 Å². The molecule has 0 N–H and O–H groups in total. The van der Waals surface area contributed by atoms with E-state index in [0.717, 1.165) is 16.7 Å². The highest BCUT2D eigenvalue weighted by atomic mass is 35.5. The van der Waals surface area contributed by atoms with E-state index >= 15 is 0 Å². The van der Waals surface area contributed by atoms with Crippen LogP contribution in [0.5, 0.6) is 5.75 Å². The number of benzene rings is 2. The molecule has 108 valence electrons. The quantitative estimate of drug-likeness (QED) is 0.588. The lowest BCUT2D eigenvalue weighted by atomic mass is 10.1. The molecule has 0 radical (unpaired) electrons. The fraction of sp³-hybridized carbons (Fsp3) is 0.222. The van der Waals surface area contributed by atoms with Crippen LogP contribution < -0.4 is 4.74 Å². The molecule has 0 aliphatic heterocycles. The van der Waals surface area contributed by atoms with E-state index in [1.165, 1.54) is 6.07 Å². The lowest BCUT2D eigenvalue weighted by Gasteiger charge is -2.08.